The number of nitrogens with zero attached hydrogens (tertiary/aromatic N) is 1. The quantitative estimate of drug-likeness (QED) is 0.704. The van der Waals surface area contributed by atoms with Crippen molar-refractivity contribution >= 4 is 0 Å². The largest absolute Gasteiger partial charge is 0.228 e. The summed E-state index contributed by atoms with van der Waals surface area (Å²) in [6.45, 7) is 1.79. The lowest BCUT2D eigenvalue weighted by Crippen LogP contribution is -2.01. The van der Waals surface area contributed by atoms with E-state index in [1.54, 1.807) is 31.2 Å². The zero-order valence-corrected chi connectivity index (χ0v) is 8.74. The Bertz CT molecular complexity index is 480. The first-order valence-electron chi connectivity index (χ1n) is 4.89. The van der Waals surface area contributed by atoms with Crippen LogP contribution in [-0.2, 0) is 0 Å². The summed E-state index contributed by atoms with van der Waals surface area (Å²) in [7, 11) is 0. The molecule has 0 atom stereocenters. The van der Waals surface area contributed by atoms with Gasteiger partial charge in [-0.2, -0.15) is 4.39 Å². The molecule has 0 fully saturated rings. The Hall–Kier alpha value is -1.77. The van der Waals surface area contributed by atoms with Crippen LogP contribution < -0.4 is 0 Å². The van der Waals surface area contributed by atoms with E-state index in [2.05, 4.69) is 4.98 Å². The molecule has 0 saturated carbocycles. The lowest BCUT2D eigenvalue weighted by atomic mass is 9.94. The third kappa shape index (κ3) is 2.08. The lowest BCUT2D eigenvalue weighted by molar-refractivity contribution is 0.573. The van der Waals surface area contributed by atoms with E-state index in [9.17, 15) is 8.78 Å². The standard InChI is InChI=1S/C13H10F2N/c1-9(10-4-6-11(14)7-5-10)12-3-2-8-16-13(12)15/h2-8H,1H3. The smallest absolute Gasteiger partial charge is 0.216 e. The normalized spacial score (nSPS) is 10.8. The Labute approximate surface area is 92.8 Å². The van der Waals surface area contributed by atoms with Crippen molar-refractivity contribution < 1.29 is 8.78 Å². The molecule has 1 aromatic carbocycles. The number of halogens is 2. The molecule has 0 unspecified atom stereocenters. The molecule has 1 nitrogen and oxygen atoms in total. The molecule has 1 aromatic heterocycles. The van der Waals surface area contributed by atoms with Gasteiger partial charge in [0.25, 0.3) is 0 Å². The fraction of sp³-hybridized carbons (Fsp3) is 0.0769. The summed E-state index contributed by atoms with van der Waals surface area (Å²) in [6, 6.07) is 9.28. The molecule has 3 heteroatoms. The molecule has 0 amide bonds. The maximum atomic E-state index is 13.4. The number of pyridine rings is 1. The van der Waals surface area contributed by atoms with Gasteiger partial charge in [0.05, 0.1) is 0 Å². The van der Waals surface area contributed by atoms with Crippen molar-refractivity contribution in [2.75, 3.05) is 0 Å². The summed E-state index contributed by atoms with van der Waals surface area (Å²) in [5.41, 5.74) is 1.22. The van der Waals surface area contributed by atoms with Crippen LogP contribution >= 0.6 is 0 Å². The second kappa shape index (κ2) is 4.39. The fourth-order valence-corrected chi connectivity index (χ4v) is 1.52. The van der Waals surface area contributed by atoms with E-state index in [1.807, 2.05) is 0 Å². The number of benzene rings is 1. The summed E-state index contributed by atoms with van der Waals surface area (Å²) in [5.74, 6) is -0.0712. The van der Waals surface area contributed by atoms with Crippen molar-refractivity contribution in [2.24, 2.45) is 0 Å². The molecule has 0 aliphatic heterocycles. The molecule has 2 aromatic rings. The zero-order chi connectivity index (χ0) is 11.5. The Kier molecular flexibility index (Phi) is 2.95. The predicted molar refractivity (Wildman–Crippen MR) is 57.7 cm³/mol. The highest BCUT2D eigenvalue weighted by atomic mass is 19.1. The van der Waals surface area contributed by atoms with Crippen LogP contribution in [0.4, 0.5) is 8.78 Å². The number of rotatable bonds is 2. The molecule has 0 aliphatic rings. The van der Waals surface area contributed by atoms with Gasteiger partial charge in [0.2, 0.25) is 5.95 Å². The van der Waals surface area contributed by atoms with Crippen molar-refractivity contribution in [3.05, 3.63) is 71.4 Å². The van der Waals surface area contributed by atoms with Crippen molar-refractivity contribution in [1.29, 1.82) is 0 Å². The van der Waals surface area contributed by atoms with Gasteiger partial charge in [0.15, 0.2) is 0 Å². The molecule has 0 bridgehead atoms. The van der Waals surface area contributed by atoms with Gasteiger partial charge in [0.1, 0.15) is 5.82 Å². The number of hydrogen-bond donors (Lipinski definition) is 0. The second-order valence-corrected chi connectivity index (χ2v) is 3.47. The number of aromatic nitrogens is 1. The van der Waals surface area contributed by atoms with Crippen LogP contribution in [0.15, 0.2) is 42.6 Å². The lowest BCUT2D eigenvalue weighted by Gasteiger charge is -2.11. The monoisotopic (exact) mass is 218 g/mol. The molecule has 0 saturated heterocycles. The highest BCUT2D eigenvalue weighted by Crippen LogP contribution is 2.24. The van der Waals surface area contributed by atoms with Crippen LogP contribution in [0.3, 0.4) is 0 Å². The Morgan fingerprint density at radius 3 is 2.38 bits per heavy atom. The van der Waals surface area contributed by atoms with E-state index in [0.717, 1.165) is 11.5 Å². The van der Waals surface area contributed by atoms with Gasteiger partial charge in [-0.05, 0) is 23.8 Å². The second-order valence-electron chi connectivity index (χ2n) is 3.47. The molecular formula is C13H10F2N. The third-order valence-electron chi connectivity index (χ3n) is 2.44. The highest BCUT2D eigenvalue weighted by molar-refractivity contribution is 5.43. The Balaban J connectivity index is 2.35. The molecule has 2 rings (SSSR count). The molecule has 1 heterocycles. The minimum absolute atomic E-state index is 0.303. The van der Waals surface area contributed by atoms with Crippen molar-refractivity contribution in [3.63, 3.8) is 0 Å². The summed E-state index contributed by atoms with van der Waals surface area (Å²) >= 11 is 0. The fourth-order valence-electron chi connectivity index (χ4n) is 1.52. The first kappa shape index (κ1) is 10.7. The summed E-state index contributed by atoms with van der Waals surface area (Å²) in [6.07, 6.45) is 1.40. The average molecular weight is 218 g/mol. The third-order valence-corrected chi connectivity index (χ3v) is 2.44. The van der Waals surface area contributed by atoms with Crippen LogP contribution in [0, 0.1) is 17.7 Å². The van der Waals surface area contributed by atoms with Crippen LogP contribution in [0.5, 0.6) is 0 Å². The van der Waals surface area contributed by atoms with E-state index in [-0.39, 0.29) is 5.82 Å². The van der Waals surface area contributed by atoms with E-state index >= 15 is 0 Å². The van der Waals surface area contributed by atoms with Crippen LogP contribution in [0.25, 0.3) is 0 Å². The SMILES string of the molecule is C[C](c1ccc(F)cc1)c1cccnc1F. The first-order valence-corrected chi connectivity index (χ1v) is 4.89. The Morgan fingerprint density at radius 1 is 1.06 bits per heavy atom. The molecule has 0 N–H and O–H groups in total. The van der Waals surface area contributed by atoms with Crippen molar-refractivity contribution in [2.45, 2.75) is 6.92 Å². The predicted octanol–water partition coefficient (Wildman–Crippen LogP) is 3.35. The molecule has 0 spiro atoms. The summed E-state index contributed by atoms with van der Waals surface area (Å²) in [4.78, 5) is 3.58. The van der Waals surface area contributed by atoms with Gasteiger partial charge in [-0.3, -0.25) is 0 Å². The maximum absolute atomic E-state index is 13.4. The maximum Gasteiger partial charge on any atom is 0.216 e. The van der Waals surface area contributed by atoms with Gasteiger partial charge >= 0.3 is 0 Å². The highest BCUT2D eigenvalue weighted by Gasteiger charge is 2.13. The van der Waals surface area contributed by atoms with Crippen molar-refractivity contribution in [1.82, 2.24) is 4.98 Å². The van der Waals surface area contributed by atoms with E-state index in [0.29, 0.717) is 5.56 Å². The molecular weight excluding hydrogens is 208 g/mol. The topological polar surface area (TPSA) is 12.9 Å². The molecule has 1 radical (unpaired) electrons. The van der Waals surface area contributed by atoms with E-state index in [4.69, 9.17) is 0 Å². The summed E-state index contributed by atoms with van der Waals surface area (Å²) < 4.78 is 26.1. The van der Waals surface area contributed by atoms with E-state index in [1.165, 1.54) is 18.3 Å². The van der Waals surface area contributed by atoms with Crippen molar-refractivity contribution in [3.8, 4) is 0 Å². The zero-order valence-electron chi connectivity index (χ0n) is 8.74. The van der Waals surface area contributed by atoms with E-state index < -0.39 is 5.95 Å². The van der Waals surface area contributed by atoms with Crippen LogP contribution in [0.2, 0.25) is 0 Å². The van der Waals surface area contributed by atoms with Gasteiger partial charge in [-0.15, -0.1) is 0 Å². The minimum atomic E-state index is -0.510. The van der Waals surface area contributed by atoms with Gasteiger partial charge < -0.3 is 0 Å². The molecule has 81 valence electrons. The van der Waals surface area contributed by atoms with Gasteiger partial charge in [0, 0.05) is 17.7 Å². The molecule has 16 heavy (non-hydrogen) atoms. The van der Waals surface area contributed by atoms with Crippen LogP contribution in [0.1, 0.15) is 18.1 Å². The van der Waals surface area contributed by atoms with Gasteiger partial charge in [-0.1, -0.05) is 25.1 Å². The minimum Gasteiger partial charge on any atom is -0.228 e. The number of hydrogen-bond acceptors (Lipinski definition) is 1. The van der Waals surface area contributed by atoms with Gasteiger partial charge in [-0.25, -0.2) is 9.37 Å². The summed E-state index contributed by atoms with van der Waals surface area (Å²) in [5, 5.41) is 0. The average Bonchev–Trinajstić information content (AvgIpc) is 2.30. The first-order chi connectivity index (χ1) is 7.68. The molecule has 0 aliphatic carbocycles. The van der Waals surface area contributed by atoms with Crippen LogP contribution in [-0.4, -0.2) is 4.98 Å². The Morgan fingerprint density at radius 2 is 1.75 bits per heavy atom.